The van der Waals surface area contributed by atoms with Gasteiger partial charge in [-0.1, -0.05) is 0 Å². The van der Waals surface area contributed by atoms with Crippen molar-refractivity contribution in [2.45, 2.75) is 12.6 Å². The average molecular weight is 317 g/mol. The van der Waals surface area contributed by atoms with Crippen molar-refractivity contribution in [2.24, 2.45) is 19.1 Å². The monoisotopic (exact) mass is 317 g/mol. The Labute approximate surface area is 135 Å². The summed E-state index contributed by atoms with van der Waals surface area (Å²) in [7, 11) is 5.64. The van der Waals surface area contributed by atoms with Crippen LogP contribution in [-0.2, 0) is 25.4 Å². The van der Waals surface area contributed by atoms with E-state index in [1.807, 2.05) is 38.9 Å². The molecule has 1 aliphatic rings. The number of hydrogen-bond acceptors (Lipinski definition) is 4. The standard InChI is InChI=1S/C15H23N7O/c1-16-15(17-6-12-7-18-20(2)9-12)22-4-5-23-14(11-22)13-8-19-21(3)10-13/h7-10,14H,4-6,11H2,1-3H3,(H,16,17). The Balaban J connectivity index is 1.61. The van der Waals surface area contributed by atoms with E-state index in [0.29, 0.717) is 13.2 Å². The van der Waals surface area contributed by atoms with E-state index in [1.54, 1.807) is 16.4 Å². The molecule has 1 N–H and O–H groups in total. The van der Waals surface area contributed by atoms with Crippen LogP contribution in [0, 0.1) is 0 Å². The summed E-state index contributed by atoms with van der Waals surface area (Å²) in [5.41, 5.74) is 2.23. The summed E-state index contributed by atoms with van der Waals surface area (Å²) < 4.78 is 9.47. The minimum absolute atomic E-state index is 0.0226. The number of nitrogens with one attached hydrogen (secondary N) is 1. The molecule has 2 aromatic heterocycles. The van der Waals surface area contributed by atoms with Gasteiger partial charge in [-0.05, 0) is 0 Å². The lowest BCUT2D eigenvalue weighted by Crippen LogP contribution is -2.47. The molecule has 1 saturated heterocycles. The molecule has 1 aliphatic heterocycles. The summed E-state index contributed by atoms with van der Waals surface area (Å²) >= 11 is 0. The van der Waals surface area contributed by atoms with E-state index in [2.05, 4.69) is 25.4 Å². The van der Waals surface area contributed by atoms with Crippen LogP contribution in [0.1, 0.15) is 17.2 Å². The van der Waals surface area contributed by atoms with Crippen molar-refractivity contribution in [3.05, 3.63) is 35.9 Å². The first-order chi connectivity index (χ1) is 11.2. The molecular formula is C15H23N7O. The topological polar surface area (TPSA) is 72.5 Å². The molecule has 1 atom stereocenters. The predicted octanol–water partition coefficient (Wildman–Crippen LogP) is 0.303. The third kappa shape index (κ3) is 3.70. The minimum atomic E-state index is 0.0226. The van der Waals surface area contributed by atoms with E-state index in [-0.39, 0.29) is 6.10 Å². The quantitative estimate of drug-likeness (QED) is 0.651. The molecule has 0 aliphatic carbocycles. The summed E-state index contributed by atoms with van der Waals surface area (Å²) in [4.78, 5) is 6.61. The highest BCUT2D eigenvalue weighted by Crippen LogP contribution is 2.21. The number of hydrogen-bond donors (Lipinski definition) is 1. The third-order valence-electron chi connectivity index (χ3n) is 3.88. The summed E-state index contributed by atoms with van der Waals surface area (Å²) in [6.07, 6.45) is 7.74. The maximum absolute atomic E-state index is 5.88. The zero-order valence-corrected chi connectivity index (χ0v) is 13.8. The van der Waals surface area contributed by atoms with Crippen LogP contribution in [0.4, 0.5) is 0 Å². The van der Waals surface area contributed by atoms with Crippen LogP contribution >= 0.6 is 0 Å². The van der Waals surface area contributed by atoms with Crippen LogP contribution in [-0.4, -0.2) is 57.2 Å². The summed E-state index contributed by atoms with van der Waals surface area (Å²) in [5, 5.41) is 11.8. The first-order valence-electron chi connectivity index (χ1n) is 7.69. The third-order valence-corrected chi connectivity index (χ3v) is 3.88. The molecule has 2 aromatic rings. The molecule has 23 heavy (non-hydrogen) atoms. The largest absolute Gasteiger partial charge is 0.370 e. The molecular weight excluding hydrogens is 294 g/mol. The van der Waals surface area contributed by atoms with Gasteiger partial charge in [-0.3, -0.25) is 14.4 Å². The molecule has 3 rings (SSSR count). The highest BCUT2D eigenvalue weighted by molar-refractivity contribution is 5.80. The molecule has 0 amide bonds. The lowest BCUT2D eigenvalue weighted by Gasteiger charge is -2.34. The molecule has 0 bridgehead atoms. The van der Waals surface area contributed by atoms with Gasteiger partial charge in [-0.2, -0.15) is 10.2 Å². The van der Waals surface area contributed by atoms with Gasteiger partial charge >= 0.3 is 0 Å². The number of morpholine rings is 1. The number of guanidine groups is 1. The van der Waals surface area contributed by atoms with Crippen LogP contribution < -0.4 is 5.32 Å². The number of nitrogens with zero attached hydrogens (tertiary/aromatic N) is 6. The molecule has 8 heteroatoms. The van der Waals surface area contributed by atoms with Crippen molar-refractivity contribution in [1.29, 1.82) is 0 Å². The van der Waals surface area contributed by atoms with Crippen molar-refractivity contribution in [2.75, 3.05) is 26.7 Å². The number of aryl methyl sites for hydroxylation is 2. The number of aromatic nitrogens is 4. The molecule has 0 radical (unpaired) electrons. The first kappa shape index (κ1) is 15.5. The number of ether oxygens (including phenoxy) is 1. The fourth-order valence-corrected chi connectivity index (χ4v) is 2.73. The van der Waals surface area contributed by atoms with Gasteiger partial charge in [0.2, 0.25) is 0 Å². The van der Waals surface area contributed by atoms with Gasteiger partial charge in [-0.15, -0.1) is 0 Å². The van der Waals surface area contributed by atoms with Crippen LogP contribution in [0.25, 0.3) is 0 Å². The van der Waals surface area contributed by atoms with E-state index in [4.69, 9.17) is 4.74 Å². The maximum Gasteiger partial charge on any atom is 0.194 e. The van der Waals surface area contributed by atoms with Gasteiger partial charge in [0, 0.05) is 57.8 Å². The summed E-state index contributed by atoms with van der Waals surface area (Å²) in [5.74, 6) is 0.881. The van der Waals surface area contributed by atoms with Crippen molar-refractivity contribution in [3.8, 4) is 0 Å². The van der Waals surface area contributed by atoms with E-state index in [0.717, 1.165) is 30.2 Å². The molecule has 0 aromatic carbocycles. The van der Waals surface area contributed by atoms with Crippen molar-refractivity contribution >= 4 is 5.96 Å². The first-order valence-corrected chi connectivity index (χ1v) is 7.69. The van der Waals surface area contributed by atoms with Crippen molar-refractivity contribution in [3.63, 3.8) is 0 Å². The fraction of sp³-hybridized carbons (Fsp3) is 0.533. The Morgan fingerprint density at radius 2 is 2.09 bits per heavy atom. The van der Waals surface area contributed by atoms with E-state index >= 15 is 0 Å². The zero-order chi connectivity index (χ0) is 16.2. The maximum atomic E-state index is 5.88. The smallest absolute Gasteiger partial charge is 0.194 e. The van der Waals surface area contributed by atoms with Crippen LogP contribution in [0.15, 0.2) is 29.8 Å². The Bertz CT molecular complexity index is 675. The Hall–Kier alpha value is -2.35. The van der Waals surface area contributed by atoms with Gasteiger partial charge in [0.25, 0.3) is 0 Å². The fourth-order valence-electron chi connectivity index (χ4n) is 2.73. The zero-order valence-electron chi connectivity index (χ0n) is 13.8. The summed E-state index contributed by atoms with van der Waals surface area (Å²) in [6.45, 7) is 2.96. The van der Waals surface area contributed by atoms with Crippen molar-refractivity contribution in [1.82, 2.24) is 29.8 Å². The van der Waals surface area contributed by atoms with Gasteiger partial charge in [0.1, 0.15) is 6.10 Å². The van der Waals surface area contributed by atoms with Gasteiger partial charge < -0.3 is 15.0 Å². The minimum Gasteiger partial charge on any atom is -0.370 e. The highest BCUT2D eigenvalue weighted by atomic mass is 16.5. The molecule has 0 saturated carbocycles. The predicted molar refractivity (Wildman–Crippen MR) is 86.9 cm³/mol. The SMILES string of the molecule is CN=C(NCc1cnn(C)c1)N1CCOC(c2cnn(C)c2)C1. The lowest BCUT2D eigenvalue weighted by atomic mass is 10.1. The summed E-state index contributed by atoms with van der Waals surface area (Å²) in [6, 6.07) is 0. The van der Waals surface area contributed by atoms with Gasteiger partial charge in [0.15, 0.2) is 5.96 Å². The van der Waals surface area contributed by atoms with Crippen LogP contribution in [0.5, 0.6) is 0 Å². The average Bonchev–Trinajstić information content (AvgIpc) is 3.17. The second-order valence-corrected chi connectivity index (χ2v) is 5.68. The van der Waals surface area contributed by atoms with E-state index in [1.165, 1.54) is 0 Å². The molecule has 3 heterocycles. The molecule has 1 fully saturated rings. The van der Waals surface area contributed by atoms with Crippen LogP contribution in [0.2, 0.25) is 0 Å². The Morgan fingerprint density at radius 3 is 2.74 bits per heavy atom. The second-order valence-electron chi connectivity index (χ2n) is 5.68. The lowest BCUT2D eigenvalue weighted by molar-refractivity contribution is -0.00805. The molecule has 1 unspecified atom stereocenters. The second kappa shape index (κ2) is 6.82. The normalized spacial score (nSPS) is 19.2. The molecule has 0 spiro atoms. The number of rotatable bonds is 3. The molecule has 124 valence electrons. The highest BCUT2D eigenvalue weighted by Gasteiger charge is 2.25. The Morgan fingerprint density at radius 1 is 1.30 bits per heavy atom. The van der Waals surface area contributed by atoms with E-state index in [9.17, 15) is 0 Å². The number of aliphatic imine (C=N–C) groups is 1. The molecule has 8 nitrogen and oxygen atoms in total. The van der Waals surface area contributed by atoms with Gasteiger partial charge in [0.05, 0.1) is 25.5 Å². The van der Waals surface area contributed by atoms with E-state index < -0.39 is 0 Å². The Kier molecular flexibility index (Phi) is 4.61. The van der Waals surface area contributed by atoms with Crippen LogP contribution in [0.3, 0.4) is 0 Å². The van der Waals surface area contributed by atoms with Gasteiger partial charge in [-0.25, -0.2) is 0 Å². The van der Waals surface area contributed by atoms with Crippen molar-refractivity contribution < 1.29 is 4.74 Å².